The Balaban J connectivity index is 2.19. The molecule has 2 aromatic heterocycles. The first-order chi connectivity index (χ1) is 10.1. The molecule has 2 heterocycles. The quantitative estimate of drug-likeness (QED) is 0.581. The highest BCUT2D eigenvalue weighted by Crippen LogP contribution is 2.27. The summed E-state index contributed by atoms with van der Waals surface area (Å²) in [6, 6.07) is 8.70. The Morgan fingerprint density at radius 3 is 2.76 bits per heavy atom. The molecule has 1 aromatic carbocycles. The van der Waals surface area contributed by atoms with E-state index in [0.717, 1.165) is 0 Å². The number of rotatable bonds is 2. The molecule has 8 heteroatoms. The Hall–Kier alpha value is -2.67. The lowest BCUT2D eigenvalue weighted by atomic mass is 10.2. The van der Waals surface area contributed by atoms with Crippen LogP contribution in [0.25, 0.3) is 17.0 Å². The minimum absolute atomic E-state index is 0.00693. The molecule has 0 unspecified atom stereocenters. The van der Waals surface area contributed by atoms with Gasteiger partial charge in [-0.15, -0.1) is 10.2 Å². The predicted molar refractivity (Wildman–Crippen MR) is 72.0 cm³/mol. The predicted octanol–water partition coefficient (Wildman–Crippen LogP) is 3.25. The van der Waals surface area contributed by atoms with Crippen molar-refractivity contribution in [2.24, 2.45) is 0 Å². The van der Waals surface area contributed by atoms with E-state index < -0.39 is 12.0 Å². The maximum atomic E-state index is 13.8. The molecule has 0 aliphatic rings. The zero-order chi connectivity index (χ0) is 15.0. The van der Waals surface area contributed by atoms with Crippen molar-refractivity contribution in [1.29, 1.82) is 0 Å². The smallest absolute Gasteiger partial charge is 0.449 e. The van der Waals surface area contributed by atoms with Crippen LogP contribution in [0.5, 0.6) is 5.75 Å². The summed E-state index contributed by atoms with van der Waals surface area (Å²) in [6.45, 7) is 0. The first-order valence-electron chi connectivity index (χ1n) is 5.76. The van der Waals surface area contributed by atoms with Crippen LogP contribution >= 0.6 is 11.6 Å². The van der Waals surface area contributed by atoms with Crippen LogP contribution in [-0.4, -0.2) is 25.9 Å². The fourth-order valence-electron chi connectivity index (χ4n) is 1.93. The average Bonchev–Trinajstić information content (AvgIpc) is 2.82. The first kappa shape index (κ1) is 13.3. The molecule has 0 spiro atoms. The van der Waals surface area contributed by atoms with Crippen LogP contribution < -0.4 is 4.74 Å². The van der Waals surface area contributed by atoms with Crippen molar-refractivity contribution in [2.75, 3.05) is 0 Å². The number of hydrogen-bond donors (Lipinski definition) is 1. The van der Waals surface area contributed by atoms with E-state index in [0.29, 0.717) is 0 Å². The van der Waals surface area contributed by atoms with Gasteiger partial charge in [-0.25, -0.2) is 9.18 Å². The van der Waals surface area contributed by atoms with Gasteiger partial charge < -0.3 is 9.84 Å². The lowest BCUT2D eigenvalue weighted by molar-refractivity contribution is 0.144. The second kappa shape index (κ2) is 5.02. The molecule has 0 radical (unpaired) electrons. The second-order valence-corrected chi connectivity index (χ2v) is 4.47. The number of carboxylic acid groups (broad SMARTS) is 1. The molecule has 1 N–H and O–H groups in total. The van der Waals surface area contributed by atoms with Crippen molar-refractivity contribution in [3.63, 3.8) is 0 Å². The van der Waals surface area contributed by atoms with Gasteiger partial charge in [0.05, 0.1) is 5.56 Å². The summed E-state index contributed by atoms with van der Waals surface area (Å²) in [7, 11) is 0. The molecule has 0 fully saturated rings. The molecular weight excluding hydrogens is 301 g/mol. The fourth-order valence-corrected chi connectivity index (χ4v) is 2.20. The van der Waals surface area contributed by atoms with Crippen molar-refractivity contribution < 1.29 is 19.0 Å². The molecule has 21 heavy (non-hydrogen) atoms. The summed E-state index contributed by atoms with van der Waals surface area (Å²) in [6.07, 6.45) is -1.47. The van der Waals surface area contributed by atoms with E-state index in [4.69, 9.17) is 16.7 Å². The van der Waals surface area contributed by atoms with E-state index in [1.54, 1.807) is 18.2 Å². The molecule has 6 nitrogen and oxygen atoms in total. The Labute approximate surface area is 122 Å². The van der Waals surface area contributed by atoms with Crippen molar-refractivity contribution in [2.45, 2.75) is 0 Å². The first-order valence-corrected chi connectivity index (χ1v) is 6.14. The van der Waals surface area contributed by atoms with E-state index in [1.165, 1.54) is 22.6 Å². The van der Waals surface area contributed by atoms with Gasteiger partial charge >= 0.3 is 6.16 Å². The highest BCUT2D eigenvalue weighted by molar-refractivity contribution is 6.30. The van der Waals surface area contributed by atoms with E-state index in [9.17, 15) is 9.18 Å². The Morgan fingerprint density at radius 2 is 2.05 bits per heavy atom. The van der Waals surface area contributed by atoms with Crippen LogP contribution in [-0.2, 0) is 0 Å². The van der Waals surface area contributed by atoms with Crippen LogP contribution in [0.1, 0.15) is 0 Å². The number of aromatic nitrogens is 3. The third-order valence-electron chi connectivity index (χ3n) is 2.75. The topological polar surface area (TPSA) is 76.7 Å². The Morgan fingerprint density at radius 1 is 1.29 bits per heavy atom. The normalized spacial score (nSPS) is 10.8. The van der Waals surface area contributed by atoms with Crippen molar-refractivity contribution in [3.05, 3.63) is 47.4 Å². The summed E-state index contributed by atoms with van der Waals surface area (Å²) in [4.78, 5) is 10.5. The van der Waals surface area contributed by atoms with Gasteiger partial charge in [0.2, 0.25) is 0 Å². The number of ether oxygens (including phenoxy) is 1. The molecule has 0 aliphatic heterocycles. The van der Waals surface area contributed by atoms with Crippen LogP contribution in [0.4, 0.5) is 9.18 Å². The standard InChI is InChI=1S/C13H7ClFN3O3/c14-10-5-7(21-13(19)20)6-11-16-17-12(18(10)11)8-3-1-2-4-9(8)15/h1-6H,(H,19,20). The van der Waals surface area contributed by atoms with Gasteiger partial charge in [0.15, 0.2) is 11.5 Å². The monoisotopic (exact) mass is 307 g/mol. The maximum Gasteiger partial charge on any atom is 0.511 e. The lowest BCUT2D eigenvalue weighted by Crippen LogP contribution is -2.04. The summed E-state index contributed by atoms with van der Waals surface area (Å²) < 4.78 is 19.8. The van der Waals surface area contributed by atoms with E-state index in [2.05, 4.69) is 14.9 Å². The minimum atomic E-state index is -1.47. The van der Waals surface area contributed by atoms with Gasteiger partial charge in [0.1, 0.15) is 16.7 Å². The van der Waals surface area contributed by atoms with Crippen molar-refractivity contribution in [3.8, 4) is 17.1 Å². The zero-order valence-corrected chi connectivity index (χ0v) is 11.1. The number of nitrogens with zero attached hydrogens (tertiary/aromatic N) is 3. The molecular formula is C13H7ClFN3O3. The maximum absolute atomic E-state index is 13.8. The molecule has 3 rings (SSSR count). The third kappa shape index (κ3) is 2.38. The largest absolute Gasteiger partial charge is 0.511 e. The third-order valence-corrected chi connectivity index (χ3v) is 3.03. The van der Waals surface area contributed by atoms with Gasteiger partial charge in [-0.05, 0) is 12.1 Å². The van der Waals surface area contributed by atoms with Gasteiger partial charge in [0, 0.05) is 12.1 Å². The van der Waals surface area contributed by atoms with Crippen molar-refractivity contribution >= 4 is 23.4 Å². The van der Waals surface area contributed by atoms with E-state index >= 15 is 0 Å². The summed E-state index contributed by atoms with van der Waals surface area (Å²) in [5.74, 6) is -0.240. The molecule has 0 saturated carbocycles. The second-order valence-electron chi connectivity index (χ2n) is 4.08. The number of carbonyl (C=O) groups is 1. The zero-order valence-electron chi connectivity index (χ0n) is 10.3. The van der Waals surface area contributed by atoms with Crippen molar-refractivity contribution in [1.82, 2.24) is 14.6 Å². The van der Waals surface area contributed by atoms with Crippen LogP contribution in [0.2, 0.25) is 5.15 Å². The average molecular weight is 308 g/mol. The van der Waals surface area contributed by atoms with Gasteiger partial charge in [-0.2, -0.15) is 0 Å². The Kier molecular flexibility index (Phi) is 3.19. The lowest BCUT2D eigenvalue weighted by Gasteiger charge is -2.05. The molecule has 0 atom stereocenters. The highest BCUT2D eigenvalue weighted by Gasteiger charge is 2.16. The molecule has 0 amide bonds. The van der Waals surface area contributed by atoms with Gasteiger partial charge in [0.25, 0.3) is 0 Å². The summed E-state index contributed by atoms with van der Waals surface area (Å²) in [5.41, 5.74) is 0.482. The van der Waals surface area contributed by atoms with Crippen LogP contribution in [0, 0.1) is 5.82 Å². The number of pyridine rings is 1. The summed E-state index contributed by atoms with van der Waals surface area (Å²) in [5, 5.41) is 16.4. The number of benzene rings is 1. The SMILES string of the molecule is O=C(O)Oc1cc(Cl)n2c(-c3ccccc3F)nnc2c1. The molecule has 3 aromatic rings. The number of fused-ring (bicyclic) bond motifs is 1. The van der Waals surface area contributed by atoms with Crippen LogP contribution in [0.3, 0.4) is 0 Å². The summed E-state index contributed by atoms with van der Waals surface area (Å²) >= 11 is 6.08. The highest BCUT2D eigenvalue weighted by atomic mass is 35.5. The molecule has 0 bridgehead atoms. The Bertz CT molecular complexity index is 850. The van der Waals surface area contributed by atoms with E-state index in [1.807, 2.05) is 0 Å². The number of halogens is 2. The molecule has 106 valence electrons. The minimum Gasteiger partial charge on any atom is -0.449 e. The number of hydrogen-bond acceptors (Lipinski definition) is 4. The molecule has 0 saturated heterocycles. The molecule has 0 aliphatic carbocycles. The van der Waals surface area contributed by atoms with Crippen LogP contribution in [0.15, 0.2) is 36.4 Å². The van der Waals surface area contributed by atoms with Gasteiger partial charge in [-0.1, -0.05) is 23.7 Å². The fraction of sp³-hybridized carbons (Fsp3) is 0. The van der Waals surface area contributed by atoms with Gasteiger partial charge in [-0.3, -0.25) is 4.40 Å². The van der Waals surface area contributed by atoms with E-state index in [-0.39, 0.29) is 27.9 Å².